The highest BCUT2D eigenvalue weighted by Crippen LogP contribution is 2.69. The highest BCUT2D eigenvalue weighted by Gasteiger charge is 2.82. The minimum Gasteiger partial charge on any atom is -0.507 e. The molecule has 37 heteroatoms. The van der Waals surface area contributed by atoms with E-state index in [1.54, 1.807) is 41.5 Å². The summed E-state index contributed by atoms with van der Waals surface area (Å²) in [7, 11) is 3.09. The third kappa shape index (κ3) is 13.6. The van der Waals surface area contributed by atoms with Crippen LogP contribution in [-0.2, 0) is 82.3 Å². The van der Waals surface area contributed by atoms with Gasteiger partial charge in [-0.25, -0.2) is 0 Å². The van der Waals surface area contributed by atoms with Crippen LogP contribution in [0.15, 0.2) is 11.8 Å². The van der Waals surface area contributed by atoms with Crippen molar-refractivity contribution < 1.29 is 181 Å². The van der Waals surface area contributed by atoms with Crippen LogP contribution in [0.5, 0.6) is 34.5 Å². The molecule has 5 aliphatic carbocycles. The Morgan fingerprint density at radius 3 is 1.44 bits per heavy atom. The summed E-state index contributed by atoms with van der Waals surface area (Å²) >= 11 is 0. The molecule has 13 unspecified atom stereocenters. The molecule has 7 heterocycles. The molecule has 15 N–H and O–H groups in total. The zero-order valence-corrected chi connectivity index (χ0v) is 70.0. The number of ketones is 6. The van der Waals surface area contributed by atoms with Crippen molar-refractivity contribution in [1.29, 1.82) is 0 Å². The predicted octanol–water partition coefficient (Wildman–Crippen LogP) is 2.40. The van der Waals surface area contributed by atoms with E-state index in [0.29, 0.717) is 0 Å². The van der Waals surface area contributed by atoms with Crippen molar-refractivity contribution in [1.82, 2.24) is 0 Å². The number of methoxy groups -OCH3 is 3. The van der Waals surface area contributed by atoms with E-state index >= 15 is 19.2 Å². The second-order valence-corrected chi connectivity index (χ2v) is 35.1. The Bertz CT molecular complexity index is 4640. The Morgan fingerprint density at radius 1 is 0.484 bits per heavy atom. The van der Waals surface area contributed by atoms with Gasteiger partial charge in [-0.2, -0.15) is 0 Å². The number of rotatable bonds is 22. The van der Waals surface area contributed by atoms with Crippen molar-refractivity contribution in [2.45, 2.75) is 353 Å². The fourth-order valence-electron chi connectivity index (χ4n) is 21.7. The first-order valence-electron chi connectivity index (χ1n) is 42.0. The quantitative estimate of drug-likeness (QED) is 0.0642. The minimum atomic E-state index is -3.21. The number of benzene rings is 3. The van der Waals surface area contributed by atoms with E-state index in [2.05, 4.69) is 0 Å². The van der Waals surface area contributed by atoms with Crippen molar-refractivity contribution in [3.63, 3.8) is 0 Å². The molecule has 122 heavy (non-hydrogen) atoms. The van der Waals surface area contributed by atoms with Gasteiger partial charge in [0.1, 0.15) is 82.0 Å². The molecule has 7 aliphatic heterocycles. The van der Waals surface area contributed by atoms with E-state index in [-0.39, 0.29) is 81.6 Å². The Labute approximate surface area is 700 Å². The fourth-order valence-corrected chi connectivity index (χ4v) is 21.7. The van der Waals surface area contributed by atoms with Crippen LogP contribution in [-0.4, -0.2) is 314 Å². The number of fused-ring (bicyclic) bond motifs is 6. The lowest BCUT2D eigenvalue weighted by Crippen LogP contribution is -2.80. The summed E-state index contributed by atoms with van der Waals surface area (Å²) in [5.74, 6) is -17.3. The van der Waals surface area contributed by atoms with Gasteiger partial charge in [0.15, 0.2) is 77.8 Å². The maximum Gasteiger partial charge on any atom is 0.232 e. The lowest BCUT2D eigenvalue weighted by atomic mass is 9.53. The number of aromatic hydroxyl groups is 4. The summed E-state index contributed by atoms with van der Waals surface area (Å²) in [4.78, 5) is 89.5. The Kier molecular flexibility index (Phi) is 24.3. The molecule has 12 aliphatic rings. The number of phenols is 4. The van der Waals surface area contributed by atoms with Gasteiger partial charge in [0, 0.05) is 55.4 Å². The predicted molar refractivity (Wildman–Crippen MR) is 412 cm³/mol. The van der Waals surface area contributed by atoms with Gasteiger partial charge < -0.3 is 152 Å². The second kappa shape index (κ2) is 32.9. The molecule has 2 saturated carbocycles. The zero-order chi connectivity index (χ0) is 88.5. The number of carbonyl (C=O) groups excluding carboxylic acids is 6. The molecule has 4 bridgehead atoms. The average molecular weight is 1730 g/mol. The Hall–Kier alpha value is -6.68. The monoisotopic (exact) mass is 1720 g/mol. The number of hydrogen-bond donors (Lipinski definition) is 15. The van der Waals surface area contributed by atoms with Crippen molar-refractivity contribution in [2.75, 3.05) is 21.3 Å². The summed E-state index contributed by atoms with van der Waals surface area (Å²) < 4.78 is 101. The van der Waals surface area contributed by atoms with E-state index in [1.165, 1.54) is 33.8 Å². The third-order valence-corrected chi connectivity index (χ3v) is 28.3. The highest BCUT2D eigenvalue weighted by molar-refractivity contribution is 6.43. The number of phenolic OH excluding ortho intramolecular Hbond substituents is 4. The number of aliphatic hydroxyl groups excluding tert-OH is 6. The van der Waals surface area contributed by atoms with E-state index in [1.807, 2.05) is 0 Å². The molecule has 33 atom stereocenters. The third-order valence-electron chi connectivity index (χ3n) is 28.3. The lowest BCUT2D eigenvalue weighted by molar-refractivity contribution is -0.358. The SMILES string of the molecule is CCCC1(O)C(O[C@H]2CC[C@H](O[C@H]3CC[C@@](O)(C(C)=O)[C@H](C)O3)[C@@H](C)O2)C(O)C(O[C@H]2C[C@@H](O)[C@@H](O)[C@H](C)O2)C2Cc3cc4c(OC)c(OC)c(C5=C(OC)C(=O)c6c(O)c7c(c(O)c6C5=O)C(=O)C5(O)C6C7OC5(CCC)C(O[C@H]5CC[C@H](O[C@H]7CC[C@@](O)(C(C)=O)[C@H](C)O7)[C@@H](C)O5)C(O)C6O[C@H]5C[C@@H](O)[C@@H](O)[C@H](C)O5)c(O)c4c(O)c3C(=O)C21O. The van der Waals surface area contributed by atoms with Gasteiger partial charge >= 0.3 is 0 Å². The molecular formula is C85H112O37. The first kappa shape index (κ1) is 90.1. The molecule has 0 radical (unpaired) electrons. The summed E-state index contributed by atoms with van der Waals surface area (Å²) in [6.07, 6.45) is -35.1. The molecule has 7 saturated heterocycles. The van der Waals surface area contributed by atoms with E-state index in [0.717, 1.165) is 21.3 Å². The van der Waals surface area contributed by atoms with Crippen LogP contribution in [0.3, 0.4) is 0 Å². The van der Waals surface area contributed by atoms with Crippen molar-refractivity contribution >= 4 is 51.0 Å². The first-order valence-corrected chi connectivity index (χ1v) is 42.0. The van der Waals surface area contributed by atoms with Crippen LogP contribution in [0.2, 0.25) is 0 Å². The fraction of sp³-hybridized carbons (Fsp3) is 0.718. The number of ether oxygens (including phenoxy) is 16. The molecule has 674 valence electrons. The van der Waals surface area contributed by atoms with Gasteiger partial charge in [-0.15, -0.1) is 0 Å². The number of carbonyl (C=O) groups is 6. The Balaban J connectivity index is 0.798. The van der Waals surface area contributed by atoms with Gasteiger partial charge in [0.25, 0.3) is 0 Å². The van der Waals surface area contributed by atoms with Gasteiger partial charge in [-0.1, -0.05) is 26.7 Å². The Morgan fingerprint density at radius 2 is 0.959 bits per heavy atom. The lowest BCUT2D eigenvalue weighted by Gasteiger charge is -2.60. The van der Waals surface area contributed by atoms with Gasteiger partial charge in [0.2, 0.25) is 23.1 Å². The molecule has 3 aromatic rings. The van der Waals surface area contributed by atoms with Crippen molar-refractivity contribution in [3.05, 3.63) is 50.8 Å². The molecule has 0 amide bonds. The largest absolute Gasteiger partial charge is 0.507 e. The van der Waals surface area contributed by atoms with Crippen molar-refractivity contribution in [3.8, 4) is 34.5 Å². The van der Waals surface area contributed by atoms with Crippen molar-refractivity contribution in [2.24, 2.45) is 11.8 Å². The number of aliphatic hydroxyl groups is 11. The highest BCUT2D eigenvalue weighted by atomic mass is 16.8. The van der Waals surface area contributed by atoms with Crippen LogP contribution in [0.25, 0.3) is 16.3 Å². The van der Waals surface area contributed by atoms with E-state index in [9.17, 15) is 86.2 Å². The molecule has 3 aromatic carbocycles. The average Bonchev–Trinajstić information content (AvgIpc) is 1.47. The first-order chi connectivity index (χ1) is 57.5. The summed E-state index contributed by atoms with van der Waals surface area (Å²) in [5, 5.41) is 185. The van der Waals surface area contributed by atoms with Crippen LogP contribution in [0.4, 0.5) is 0 Å². The van der Waals surface area contributed by atoms with Crippen LogP contribution in [0, 0.1) is 11.8 Å². The van der Waals surface area contributed by atoms with Gasteiger partial charge in [0.05, 0.1) is 145 Å². The van der Waals surface area contributed by atoms with Gasteiger partial charge in [-0.05, 0) is 112 Å². The van der Waals surface area contributed by atoms with Gasteiger partial charge in [-0.3, -0.25) is 28.8 Å². The maximum absolute atomic E-state index is 16.4. The van der Waals surface area contributed by atoms with E-state index in [4.69, 9.17) is 75.8 Å². The molecule has 0 aromatic heterocycles. The van der Waals surface area contributed by atoms with Crippen LogP contribution < -0.4 is 9.47 Å². The summed E-state index contributed by atoms with van der Waals surface area (Å²) in [6.45, 7) is 15.1. The zero-order valence-electron chi connectivity index (χ0n) is 70.0. The topological polar surface area (TPSA) is 554 Å². The molecule has 9 fully saturated rings. The van der Waals surface area contributed by atoms with Crippen LogP contribution >= 0.6 is 0 Å². The number of allylic oxidation sites excluding steroid dienone is 2. The smallest absolute Gasteiger partial charge is 0.232 e. The molecular weight excluding hydrogens is 1610 g/mol. The second-order valence-electron chi connectivity index (χ2n) is 35.1. The normalized spacial score (nSPS) is 43.2. The summed E-state index contributed by atoms with van der Waals surface area (Å²) in [5.41, 5.74) is -21.6. The van der Waals surface area contributed by atoms with Crippen LogP contribution in [0.1, 0.15) is 223 Å². The maximum atomic E-state index is 16.4. The minimum absolute atomic E-state index is 0.0101. The number of hydrogen-bond acceptors (Lipinski definition) is 37. The molecule has 37 nitrogen and oxygen atoms in total. The standard InChI is InChI=1S/C85H112O37/c1-14-22-82(104)78(120-45-18-16-43(30(3)110-45)116-47-20-24-80(102,34(7)86)36(9)114-47)68(98)71(118-49-28-41(88)60(90)32(5)112-49)40-27-38-26-39-52(62(92)51(38)76(100)84(40,82)105)63(93)56(74(109-13)70(39)107-11)55-64(94)53-54(67(97)73(55)108-12)65(95)57-58(66(53)96)77(101)85(106)59-72(57)122-83(85,23-15-2)79(69(99)75(59)119-50-29-42(89)61(91)33(6)113-50)121-46-19-17-44(31(4)111-46)117-48-21-25-81(103,35(8)87)37(10)115-48/h26,30-33,36-37,40-50,59-61,68-69,71-72,75,78-79,88-93,95-96,98-99,102-106H,14-25,27-29H2,1-13H3/t30-,31-,32+,33+,36+,37+,40?,41-,42-,43+,44+,45+,46+,47+,48+,49+,50+,59?,60+,61+,68?,69?,71?,72?,75?,78?,79?,80-,81-,82?,83?,84?,85?/m1/s1. The summed E-state index contributed by atoms with van der Waals surface area (Å²) in [6, 6.07) is 1.25. The number of Topliss-reactive ketones (excluding diaryl/α,β-unsaturated/α-hetero) is 6. The van der Waals surface area contributed by atoms with E-state index < -0.39 is 344 Å². The molecule has 0 spiro atoms. The molecule has 15 rings (SSSR count).